The second-order valence-electron chi connectivity index (χ2n) is 6.67. The number of nitrogens with one attached hydrogen (secondary N) is 1. The average molecular weight is 421 g/mol. The monoisotopic (exact) mass is 420 g/mol. The summed E-state index contributed by atoms with van der Waals surface area (Å²) < 4.78 is 0. The van der Waals surface area contributed by atoms with Gasteiger partial charge in [-0.3, -0.25) is 9.59 Å². The molecule has 0 saturated heterocycles. The number of rotatable bonds is 9. The van der Waals surface area contributed by atoms with Crippen molar-refractivity contribution < 1.29 is 9.59 Å². The van der Waals surface area contributed by atoms with Gasteiger partial charge in [0.15, 0.2) is 0 Å². The van der Waals surface area contributed by atoms with Gasteiger partial charge in [-0.25, -0.2) is 0 Å². The predicted molar refractivity (Wildman–Crippen MR) is 115 cm³/mol. The minimum Gasteiger partial charge on any atom is -0.354 e. The quantitative estimate of drug-likeness (QED) is 0.647. The van der Waals surface area contributed by atoms with Gasteiger partial charge in [0.1, 0.15) is 6.04 Å². The van der Waals surface area contributed by atoms with E-state index < -0.39 is 6.04 Å². The van der Waals surface area contributed by atoms with Crippen LogP contribution in [0.1, 0.15) is 31.4 Å². The lowest BCUT2D eigenvalue weighted by Gasteiger charge is -2.29. The molecule has 2 aromatic rings. The highest BCUT2D eigenvalue weighted by Gasteiger charge is 2.26. The Labute approximate surface area is 176 Å². The Bertz CT molecular complexity index is 776. The molecule has 4 nitrogen and oxygen atoms in total. The lowest BCUT2D eigenvalue weighted by molar-refractivity contribution is -0.139. The third-order valence-electron chi connectivity index (χ3n) is 4.59. The summed E-state index contributed by atoms with van der Waals surface area (Å²) in [6.07, 6.45) is 1.55. The van der Waals surface area contributed by atoms with Crippen LogP contribution in [-0.2, 0) is 22.4 Å². The van der Waals surface area contributed by atoms with Crippen LogP contribution in [0.2, 0.25) is 10.0 Å². The summed E-state index contributed by atoms with van der Waals surface area (Å²) in [5.74, 6) is -0.335. The van der Waals surface area contributed by atoms with Crippen LogP contribution in [0.4, 0.5) is 0 Å². The highest BCUT2D eigenvalue weighted by Crippen LogP contribution is 2.25. The van der Waals surface area contributed by atoms with Gasteiger partial charge in [-0.05, 0) is 43.0 Å². The van der Waals surface area contributed by atoms with Crippen molar-refractivity contribution in [2.75, 3.05) is 13.1 Å². The highest BCUT2D eigenvalue weighted by molar-refractivity contribution is 6.36. The van der Waals surface area contributed by atoms with Gasteiger partial charge in [-0.2, -0.15) is 0 Å². The van der Waals surface area contributed by atoms with Crippen LogP contribution < -0.4 is 5.32 Å². The molecular formula is C22H26Cl2N2O2. The number of benzene rings is 2. The molecule has 0 aliphatic rings. The first-order chi connectivity index (χ1) is 13.4. The molecule has 150 valence electrons. The van der Waals surface area contributed by atoms with Crippen molar-refractivity contribution in [1.82, 2.24) is 10.2 Å². The number of carbonyl (C=O) groups is 2. The Balaban J connectivity index is 2.18. The largest absolute Gasteiger partial charge is 0.354 e. The second kappa shape index (κ2) is 11.1. The Kier molecular flexibility index (Phi) is 8.81. The van der Waals surface area contributed by atoms with Crippen molar-refractivity contribution in [2.24, 2.45) is 0 Å². The van der Waals surface area contributed by atoms with Gasteiger partial charge in [0.05, 0.1) is 6.42 Å². The summed E-state index contributed by atoms with van der Waals surface area (Å²) in [5, 5.41) is 3.77. The molecule has 0 fully saturated rings. The molecule has 1 atom stereocenters. The Morgan fingerprint density at radius 3 is 2.29 bits per heavy atom. The summed E-state index contributed by atoms with van der Waals surface area (Å²) in [4.78, 5) is 27.2. The van der Waals surface area contributed by atoms with Gasteiger partial charge in [0.25, 0.3) is 0 Å². The number of carbonyl (C=O) groups excluding carboxylic acids is 2. The summed E-state index contributed by atoms with van der Waals surface area (Å²) in [6.45, 7) is 4.76. The highest BCUT2D eigenvalue weighted by atomic mass is 35.5. The molecule has 0 aromatic heterocycles. The first kappa shape index (κ1) is 22.3. The lowest BCUT2D eigenvalue weighted by atomic mass is 10.1. The first-order valence-electron chi connectivity index (χ1n) is 9.48. The molecular weight excluding hydrogens is 395 g/mol. The van der Waals surface area contributed by atoms with E-state index in [2.05, 4.69) is 5.32 Å². The number of hydrogen-bond donors (Lipinski definition) is 1. The van der Waals surface area contributed by atoms with Gasteiger partial charge in [-0.1, -0.05) is 66.5 Å². The van der Waals surface area contributed by atoms with E-state index in [0.717, 1.165) is 12.0 Å². The molecule has 0 saturated carbocycles. The van der Waals surface area contributed by atoms with Crippen molar-refractivity contribution in [3.63, 3.8) is 0 Å². The Hall–Kier alpha value is -2.04. The first-order valence-corrected chi connectivity index (χ1v) is 10.2. The van der Waals surface area contributed by atoms with Gasteiger partial charge >= 0.3 is 0 Å². The SMILES string of the molecule is CCCNC(=O)[C@@H](C)N(CCc1ccccc1)C(=O)Cc1c(Cl)cccc1Cl. The fraction of sp³-hybridized carbons (Fsp3) is 0.364. The Morgan fingerprint density at radius 2 is 1.68 bits per heavy atom. The van der Waals surface area contributed by atoms with E-state index in [1.165, 1.54) is 0 Å². The number of amides is 2. The maximum atomic E-state index is 13.1. The molecule has 0 spiro atoms. The van der Waals surface area contributed by atoms with E-state index in [0.29, 0.717) is 35.1 Å². The van der Waals surface area contributed by atoms with Crippen molar-refractivity contribution in [3.05, 3.63) is 69.7 Å². The van der Waals surface area contributed by atoms with Crippen molar-refractivity contribution in [1.29, 1.82) is 0 Å². The summed E-state index contributed by atoms with van der Waals surface area (Å²) in [5.41, 5.74) is 1.69. The zero-order valence-corrected chi connectivity index (χ0v) is 17.8. The number of nitrogens with zero attached hydrogens (tertiary/aromatic N) is 1. The standard InChI is InChI=1S/C22H26Cl2N2O2/c1-3-13-25-22(28)16(2)26(14-12-17-8-5-4-6-9-17)21(27)15-18-19(23)10-7-11-20(18)24/h4-11,16H,3,12-15H2,1-2H3,(H,25,28)/t16-/m1/s1. The average Bonchev–Trinajstić information content (AvgIpc) is 2.69. The maximum Gasteiger partial charge on any atom is 0.242 e. The minimum absolute atomic E-state index is 0.0543. The molecule has 0 bridgehead atoms. The molecule has 0 radical (unpaired) electrons. The molecule has 1 N–H and O–H groups in total. The van der Waals surface area contributed by atoms with Crippen molar-refractivity contribution >= 4 is 35.0 Å². The number of hydrogen-bond acceptors (Lipinski definition) is 2. The molecule has 0 aliphatic carbocycles. The van der Waals surface area contributed by atoms with E-state index in [1.807, 2.05) is 37.3 Å². The third-order valence-corrected chi connectivity index (χ3v) is 5.30. The van der Waals surface area contributed by atoms with Crippen LogP contribution in [-0.4, -0.2) is 35.8 Å². The van der Waals surface area contributed by atoms with Crippen LogP contribution in [0, 0.1) is 0 Å². The van der Waals surface area contributed by atoms with E-state index in [-0.39, 0.29) is 18.2 Å². The van der Waals surface area contributed by atoms with Crippen molar-refractivity contribution in [2.45, 2.75) is 39.2 Å². The molecule has 28 heavy (non-hydrogen) atoms. The molecule has 0 heterocycles. The normalized spacial score (nSPS) is 11.7. The Morgan fingerprint density at radius 1 is 1.04 bits per heavy atom. The van der Waals surface area contributed by atoms with Crippen LogP contribution >= 0.6 is 23.2 Å². The second-order valence-corrected chi connectivity index (χ2v) is 7.48. The van der Waals surface area contributed by atoms with E-state index in [9.17, 15) is 9.59 Å². The maximum absolute atomic E-state index is 13.1. The molecule has 0 unspecified atom stereocenters. The van der Waals surface area contributed by atoms with Crippen LogP contribution in [0.15, 0.2) is 48.5 Å². The topological polar surface area (TPSA) is 49.4 Å². The molecule has 2 amide bonds. The lowest BCUT2D eigenvalue weighted by Crippen LogP contribution is -2.49. The zero-order chi connectivity index (χ0) is 20.5. The number of halogens is 2. The fourth-order valence-electron chi connectivity index (χ4n) is 2.92. The third kappa shape index (κ3) is 6.25. The smallest absolute Gasteiger partial charge is 0.242 e. The van der Waals surface area contributed by atoms with Gasteiger partial charge in [0, 0.05) is 23.1 Å². The van der Waals surface area contributed by atoms with Crippen LogP contribution in [0.25, 0.3) is 0 Å². The van der Waals surface area contributed by atoms with Crippen LogP contribution in [0.5, 0.6) is 0 Å². The predicted octanol–water partition coefficient (Wildman–Crippen LogP) is 4.52. The fourth-order valence-corrected chi connectivity index (χ4v) is 3.45. The summed E-state index contributed by atoms with van der Waals surface area (Å²) in [7, 11) is 0. The summed E-state index contributed by atoms with van der Waals surface area (Å²) >= 11 is 12.5. The zero-order valence-electron chi connectivity index (χ0n) is 16.3. The van der Waals surface area contributed by atoms with Crippen LogP contribution in [0.3, 0.4) is 0 Å². The van der Waals surface area contributed by atoms with Gasteiger partial charge < -0.3 is 10.2 Å². The molecule has 0 aliphatic heterocycles. The van der Waals surface area contributed by atoms with Crippen molar-refractivity contribution in [3.8, 4) is 0 Å². The van der Waals surface area contributed by atoms with E-state index in [1.54, 1.807) is 30.0 Å². The summed E-state index contributed by atoms with van der Waals surface area (Å²) in [6, 6.07) is 14.5. The molecule has 2 aromatic carbocycles. The van der Waals surface area contributed by atoms with E-state index >= 15 is 0 Å². The molecule has 6 heteroatoms. The van der Waals surface area contributed by atoms with E-state index in [4.69, 9.17) is 23.2 Å². The van der Waals surface area contributed by atoms with Gasteiger partial charge in [0.2, 0.25) is 11.8 Å². The molecule has 2 rings (SSSR count). The minimum atomic E-state index is -0.580. The van der Waals surface area contributed by atoms with Gasteiger partial charge in [-0.15, -0.1) is 0 Å².